The number of hydrogen-bond donors (Lipinski definition) is 1. The van der Waals surface area contributed by atoms with Crippen LogP contribution in [-0.4, -0.2) is 31.4 Å². The number of ether oxygens (including phenoxy) is 2. The zero-order chi connectivity index (χ0) is 17.2. The van der Waals surface area contributed by atoms with Crippen LogP contribution in [0.1, 0.15) is 24.2 Å². The summed E-state index contributed by atoms with van der Waals surface area (Å²) >= 11 is 1.22. The highest BCUT2D eigenvalue weighted by Crippen LogP contribution is 2.22. The van der Waals surface area contributed by atoms with Crippen molar-refractivity contribution in [1.82, 2.24) is 0 Å². The van der Waals surface area contributed by atoms with Crippen LogP contribution in [0.4, 0.5) is 5.69 Å². The number of thioether (sulfide) groups is 1. The van der Waals surface area contributed by atoms with Gasteiger partial charge in [0.25, 0.3) is 0 Å². The van der Waals surface area contributed by atoms with Gasteiger partial charge in [-0.1, -0.05) is 0 Å². The van der Waals surface area contributed by atoms with Crippen molar-refractivity contribution in [3.8, 4) is 6.07 Å². The van der Waals surface area contributed by atoms with Gasteiger partial charge in [0.1, 0.15) is 6.07 Å². The lowest BCUT2D eigenvalue weighted by atomic mass is 10.2. The topological polar surface area (TPSA) is 88.4 Å². The van der Waals surface area contributed by atoms with Gasteiger partial charge >= 0.3 is 11.9 Å². The Hall–Kier alpha value is -2.46. The van der Waals surface area contributed by atoms with Gasteiger partial charge in [0.2, 0.25) is 0 Å². The Morgan fingerprint density at radius 1 is 1.17 bits per heavy atom. The van der Waals surface area contributed by atoms with Gasteiger partial charge in [-0.3, -0.25) is 0 Å². The summed E-state index contributed by atoms with van der Waals surface area (Å²) in [5.74, 6) is -1.07. The van der Waals surface area contributed by atoms with E-state index in [0.717, 1.165) is 0 Å². The number of carbonyl (C=O) groups is 2. The van der Waals surface area contributed by atoms with Gasteiger partial charge in [0.05, 0.1) is 23.8 Å². The van der Waals surface area contributed by atoms with Crippen LogP contribution in [0.25, 0.3) is 0 Å². The van der Waals surface area contributed by atoms with Crippen molar-refractivity contribution >= 4 is 29.4 Å². The third kappa shape index (κ3) is 5.34. The summed E-state index contributed by atoms with van der Waals surface area (Å²) in [5.41, 5.74) is 0.978. The third-order valence-corrected chi connectivity index (χ3v) is 3.39. The maximum absolute atomic E-state index is 11.8. The van der Waals surface area contributed by atoms with Crippen molar-refractivity contribution in [2.24, 2.45) is 0 Å². The van der Waals surface area contributed by atoms with Crippen LogP contribution in [0.2, 0.25) is 0 Å². The van der Waals surface area contributed by atoms with Gasteiger partial charge in [0, 0.05) is 5.69 Å². The Balaban J connectivity index is 2.97. The molecule has 1 rings (SSSR count). The number of hydrogen-bond acceptors (Lipinski definition) is 7. The molecular formula is C16H18N2O4S. The standard InChI is InChI=1S/C16H18N2O4S/c1-4-21-15(19)11-6-8-12(9-7-11)18-14(23-3)13(10-17)16(20)22-5-2/h6-9,18H,4-5H2,1-3H3/b14-13+. The summed E-state index contributed by atoms with van der Waals surface area (Å²) < 4.78 is 9.77. The molecule has 0 unspecified atom stereocenters. The van der Waals surface area contributed by atoms with E-state index in [1.807, 2.05) is 6.07 Å². The molecule has 0 fully saturated rings. The molecule has 0 atom stereocenters. The zero-order valence-electron chi connectivity index (χ0n) is 13.2. The van der Waals surface area contributed by atoms with Crippen molar-refractivity contribution < 1.29 is 19.1 Å². The Labute approximate surface area is 139 Å². The molecule has 0 saturated heterocycles. The van der Waals surface area contributed by atoms with E-state index in [2.05, 4.69) is 5.32 Å². The first kappa shape index (κ1) is 18.6. The molecule has 0 amide bonds. The number of esters is 2. The minimum Gasteiger partial charge on any atom is -0.462 e. The molecule has 0 saturated carbocycles. The number of anilines is 1. The molecule has 23 heavy (non-hydrogen) atoms. The number of nitrogens with zero attached hydrogens (tertiary/aromatic N) is 1. The van der Waals surface area contributed by atoms with Crippen molar-refractivity contribution in [3.63, 3.8) is 0 Å². The fraction of sp³-hybridized carbons (Fsp3) is 0.312. The normalized spacial score (nSPS) is 11.0. The number of nitriles is 1. The zero-order valence-corrected chi connectivity index (χ0v) is 14.0. The van der Waals surface area contributed by atoms with E-state index in [0.29, 0.717) is 22.9 Å². The van der Waals surface area contributed by atoms with Gasteiger partial charge in [0.15, 0.2) is 5.57 Å². The molecule has 0 aliphatic carbocycles. The summed E-state index contributed by atoms with van der Waals surface area (Å²) in [6.45, 7) is 3.92. The van der Waals surface area contributed by atoms with Gasteiger partial charge in [-0.25, -0.2) is 9.59 Å². The van der Waals surface area contributed by atoms with Crippen molar-refractivity contribution in [2.75, 3.05) is 24.8 Å². The van der Waals surface area contributed by atoms with Crippen LogP contribution >= 0.6 is 11.8 Å². The number of carbonyl (C=O) groups excluding carboxylic acids is 2. The first-order chi connectivity index (χ1) is 11.1. The highest BCUT2D eigenvalue weighted by atomic mass is 32.2. The minimum absolute atomic E-state index is 0.0891. The van der Waals surface area contributed by atoms with Gasteiger partial charge < -0.3 is 14.8 Å². The lowest BCUT2D eigenvalue weighted by Gasteiger charge is -2.11. The Morgan fingerprint density at radius 3 is 2.26 bits per heavy atom. The second kappa shape index (κ2) is 9.54. The largest absolute Gasteiger partial charge is 0.462 e. The van der Waals surface area contributed by atoms with E-state index in [4.69, 9.17) is 14.7 Å². The highest BCUT2D eigenvalue weighted by Gasteiger charge is 2.16. The van der Waals surface area contributed by atoms with Crippen LogP contribution in [0, 0.1) is 11.3 Å². The molecule has 0 radical (unpaired) electrons. The Bertz CT molecular complexity index is 632. The second-order valence-corrected chi connectivity index (χ2v) is 4.98. The first-order valence-corrected chi connectivity index (χ1v) is 8.19. The molecule has 0 heterocycles. The quantitative estimate of drug-likeness (QED) is 0.466. The summed E-state index contributed by atoms with van der Waals surface area (Å²) in [6.07, 6.45) is 1.74. The number of benzene rings is 1. The molecular weight excluding hydrogens is 316 g/mol. The van der Waals surface area contributed by atoms with Gasteiger partial charge in [-0.2, -0.15) is 5.26 Å². The lowest BCUT2D eigenvalue weighted by molar-refractivity contribution is -0.138. The summed E-state index contributed by atoms with van der Waals surface area (Å²) in [7, 11) is 0. The molecule has 1 aromatic rings. The molecule has 0 aliphatic heterocycles. The predicted octanol–water partition coefficient (Wildman–Crippen LogP) is 2.94. The van der Waals surface area contributed by atoms with Gasteiger partial charge in [-0.15, -0.1) is 11.8 Å². The SMILES string of the molecule is CCOC(=O)/C(C#N)=C(\Nc1ccc(C(=O)OCC)cc1)SC. The maximum atomic E-state index is 11.8. The van der Waals surface area contributed by atoms with E-state index in [1.54, 1.807) is 44.4 Å². The average molecular weight is 334 g/mol. The molecule has 0 spiro atoms. The molecule has 1 N–H and O–H groups in total. The maximum Gasteiger partial charge on any atom is 0.351 e. The predicted molar refractivity (Wildman–Crippen MR) is 88.8 cm³/mol. The summed E-state index contributed by atoms with van der Waals surface area (Å²) in [5, 5.41) is 12.5. The van der Waals surface area contributed by atoms with Crippen LogP contribution in [-0.2, 0) is 14.3 Å². The van der Waals surface area contributed by atoms with Crippen molar-refractivity contribution in [2.45, 2.75) is 13.8 Å². The van der Waals surface area contributed by atoms with Crippen LogP contribution in [0.5, 0.6) is 0 Å². The summed E-state index contributed by atoms with van der Waals surface area (Å²) in [4.78, 5) is 23.4. The Kier molecular flexibility index (Phi) is 7.71. The van der Waals surface area contributed by atoms with E-state index >= 15 is 0 Å². The van der Waals surface area contributed by atoms with E-state index in [9.17, 15) is 9.59 Å². The average Bonchev–Trinajstić information content (AvgIpc) is 2.55. The lowest BCUT2D eigenvalue weighted by Crippen LogP contribution is -2.11. The van der Waals surface area contributed by atoms with E-state index in [1.165, 1.54) is 11.8 Å². The molecule has 1 aromatic carbocycles. The highest BCUT2D eigenvalue weighted by molar-refractivity contribution is 8.02. The number of nitrogens with one attached hydrogen (secondary N) is 1. The molecule has 7 heteroatoms. The van der Waals surface area contributed by atoms with Crippen LogP contribution < -0.4 is 5.32 Å². The smallest absolute Gasteiger partial charge is 0.351 e. The fourth-order valence-corrected chi connectivity index (χ4v) is 2.20. The second-order valence-electron chi connectivity index (χ2n) is 4.16. The molecule has 122 valence electrons. The molecule has 0 bridgehead atoms. The number of rotatable bonds is 7. The van der Waals surface area contributed by atoms with Crippen LogP contribution in [0.15, 0.2) is 34.9 Å². The van der Waals surface area contributed by atoms with Crippen LogP contribution in [0.3, 0.4) is 0 Å². The van der Waals surface area contributed by atoms with E-state index in [-0.39, 0.29) is 12.2 Å². The minimum atomic E-state index is -0.671. The molecule has 6 nitrogen and oxygen atoms in total. The first-order valence-electron chi connectivity index (χ1n) is 6.97. The fourth-order valence-electron chi connectivity index (χ4n) is 1.64. The van der Waals surface area contributed by atoms with Crippen molar-refractivity contribution in [3.05, 3.63) is 40.4 Å². The van der Waals surface area contributed by atoms with Gasteiger partial charge in [-0.05, 0) is 44.4 Å². The van der Waals surface area contributed by atoms with Crippen molar-refractivity contribution in [1.29, 1.82) is 5.26 Å². The Morgan fingerprint density at radius 2 is 1.78 bits per heavy atom. The van der Waals surface area contributed by atoms with E-state index < -0.39 is 11.9 Å². The monoisotopic (exact) mass is 334 g/mol. The third-order valence-electron chi connectivity index (χ3n) is 2.68. The molecule has 0 aliphatic rings. The summed E-state index contributed by atoms with van der Waals surface area (Å²) in [6, 6.07) is 8.40. The molecule has 0 aromatic heterocycles.